The molecule has 2 aromatic carbocycles. The molecule has 2 aromatic rings. The number of allylic oxidation sites excluding steroid dienone is 3. The Morgan fingerprint density at radius 1 is 1.03 bits per heavy atom. The van der Waals surface area contributed by atoms with E-state index in [1.54, 1.807) is 12.1 Å². The van der Waals surface area contributed by atoms with Gasteiger partial charge in [0.2, 0.25) is 0 Å². The Bertz CT molecular complexity index is 1020. The summed E-state index contributed by atoms with van der Waals surface area (Å²) in [5.41, 5.74) is 4.28. The van der Waals surface area contributed by atoms with Crippen LogP contribution < -0.4 is 5.32 Å². The molecule has 4 nitrogen and oxygen atoms in total. The van der Waals surface area contributed by atoms with E-state index in [4.69, 9.17) is 4.74 Å². The molecule has 29 heavy (non-hydrogen) atoms. The SMILES string of the molecule is COC(=O)C1=C(C)NC2=C(C(=O)C[C@@H](c3ccccc3)C2)[C@H]1c1ccc(F)cc1. The van der Waals surface area contributed by atoms with Gasteiger partial charge in [-0.2, -0.15) is 0 Å². The molecule has 0 amide bonds. The fourth-order valence-corrected chi connectivity index (χ4v) is 4.37. The molecule has 2 atom stereocenters. The van der Waals surface area contributed by atoms with Crippen LogP contribution in [0.5, 0.6) is 0 Å². The maximum atomic E-state index is 13.5. The molecule has 0 bridgehead atoms. The van der Waals surface area contributed by atoms with Gasteiger partial charge < -0.3 is 10.1 Å². The summed E-state index contributed by atoms with van der Waals surface area (Å²) >= 11 is 0. The van der Waals surface area contributed by atoms with Gasteiger partial charge in [0, 0.05) is 29.3 Å². The number of halogens is 1. The Hall–Kier alpha value is -3.21. The van der Waals surface area contributed by atoms with E-state index < -0.39 is 11.9 Å². The second-order valence-electron chi connectivity index (χ2n) is 7.47. The molecule has 0 fully saturated rings. The maximum absolute atomic E-state index is 13.5. The summed E-state index contributed by atoms with van der Waals surface area (Å²) in [5, 5.41) is 3.29. The summed E-state index contributed by atoms with van der Waals surface area (Å²) in [6.45, 7) is 1.81. The minimum atomic E-state index is -0.566. The van der Waals surface area contributed by atoms with Crippen LogP contribution >= 0.6 is 0 Å². The van der Waals surface area contributed by atoms with E-state index >= 15 is 0 Å². The molecule has 0 aromatic heterocycles. The third kappa shape index (κ3) is 3.48. The van der Waals surface area contributed by atoms with Crippen molar-refractivity contribution in [2.45, 2.75) is 31.6 Å². The van der Waals surface area contributed by atoms with Gasteiger partial charge in [0.15, 0.2) is 5.78 Å². The number of rotatable bonds is 3. The lowest BCUT2D eigenvalue weighted by molar-refractivity contribution is -0.136. The average molecular weight is 391 g/mol. The van der Waals surface area contributed by atoms with E-state index in [0.29, 0.717) is 35.2 Å². The van der Waals surface area contributed by atoms with Crippen molar-refractivity contribution in [2.75, 3.05) is 7.11 Å². The van der Waals surface area contributed by atoms with Crippen molar-refractivity contribution in [3.8, 4) is 0 Å². The maximum Gasteiger partial charge on any atom is 0.336 e. The predicted octanol–water partition coefficient (Wildman–Crippen LogP) is 4.36. The molecule has 0 unspecified atom stereocenters. The molecular formula is C24H22FNO3. The first-order valence-corrected chi connectivity index (χ1v) is 9.62. The lowest BCUT2D eigenvalue weighted by Crippen LogP contribution is -2.36. The van der Waals surface area contributed by atoms with E-state index in [1.807, 2.05) is 37.3 Å². The number of nitrogens with one attached hydrogen (secondary N) is 1. The Morgan fingerprint density at radius 3 is 2.38 bits per heavy atom. The van der Waals surface area contributed by atoms with Gasteiger partial charge in [-0.25, -0.2) is 9.18 Å². The number of Topliss-reactive ketones (excluding diaryl/α,β-unsaturated/α-hetero) is 1. The van der Waals surface area contributed by atoms with Crippen molar-refractivity contribution in [2.24, 2.45) is 0 Å². The van der Waals surface area contributed by atoms with Crippen molar-refractivity contribution in [3.05, 3.63) is 94.1 Å². The molecule has 5 heteroatoms. The zero-order valence-electron chi connectivity index (χ0n) is 16.4. The van der Waals surface area contributed by atoms with Crippen LogP contribution in [0.25, 0.3) is 0 Å². The first-order valence-electron chi connectivity index (χ1n) is 9.62. The van der Waals surface area contributed by atoms with Crippen LogP contribution in [0.4, 0.5) is 4.39 Å². The number of hydrogen-bond acceptors (Lipinski definition) is 4. The van der Waals surface area contributed by atoms with Gasteiger partial charge in [0.05, 0.1) is 12.7 Å². The number of hydrogen-bond donors (Lipinski definition) is 1. The van der Waals surface area contributed by atoms with Crippen LogP contribution in [-0.4, -0.2) is 18.9 Å². The molecule has 4 rings (SSSR count). The monoisotopic (exact) mass is 391 g/mol. The standard InChI is InChI=1S/C24H22FNO3/c1-14-21(24(28)29-2)22(16-8-10-18(25)11-9-16)23-19(26-14)12-17(13-20(23)27)15-6-4-3-5-7-15/h3-11,17,22,26H,12-13H2,1-2H3/t17-,22-/m0/s1. The lowest BCUT2D eigenvalue weighted by atomic mass is 9.72. The van der Waals surface area contributed by atoms with Crippen molar-refractivity contribution >= 4 is 11.8 Å². The van der Waals surface area contributed by atoms with Crippen molar-refractivity contribution in [1.29, 1.82) is 0 Å². The molecule has 0 saturated heterocycles. The number of methoxy groups -OCH3 is 1. The minimum Gasteiger partial charge on any atom is -0.466 e. The van der Waals surface area contributed by atoms with Crippen LogP contribution in [0.15, 0.2) is 77.1 Å². The number of ketones is 1. The van der Waals surface area contributed by atoms with Crippen LogP contribution in [0.2, 0.25) is 0 Å². The van der Waals surface area contributed by atoms with Gasteiger partial charge in [-0.05, 0) is 42.5 Å². The van der Waals surface area contributed by atoms with Gasteiger partial charge in [-0.15, -0.1) is 0 Å². The van der Waals surface area contributed by atoms with Crippen LogP contribution in [-0.2, 0) is 14.3 Å². The zero-order valence-corrected chi connectivity index (χ0v) is 16.4. The van der Waals surface area contributed by atoms with Crippen molar-refractivity contribution in [3.63, 3.8) is 0 Å². The number of ether oxygens (including phenoxy) is 1. The summed E-state index contributed by atoms with van der Waals surface area (Å²) in [6.07, 6.45) is 1.05. The third-order valence-electron chi connectivity index (χ3n) is 5.71. The van der Waals surface area contributed by atoms with E-state index in [2.05, 4.69) is 5.32 Å². The average Bonchev–Trinajstić information content (AvgIpc) is 2.73. The summed E-state index contributed by atoms with van der Waals surface area (Å²) < 4.78 is 18.5. The molecule has 1 N–H and O–H groups in total. The second-order valence-corrected chi connectivity index (χ2v) is 7.47. The number of dihydropyridines is 1. The van der Waals surface area contributed by atoms with Crippen LogP contribution in [0.1, 0.15) is 42.7 Å². The zero-order chi connectivity index (χ0) is 20.5. The first-order chi connectivity index (χ1) is 14.0. The highest BCUT2D eigenvalue weighted by Gasteiger charge is 2.41. The molecule has 1 aliphatic heterocycles. The Balaban J connectivity index is 1.81. The van der Waals surface area contributed by atoms with Gasteiger partial charge in [0.1, 0.15) is 5.82 Å². The van der Waals surface area contributed by atoms with E-state index in [1.165, 1.54) is 19.2 Å². The number of carbonyl (C=O) groups excluding carboxylic acids is 2. The molecule has 2 aliphatic rings. The van der Waals surface area contributed by atoms with E-state index in [9.17, 15) is 14.0 Å². The topological polar surface area (TPSA) is 55.4 Å². The van der Waals surface area contributed by atoms with Gasteiger partial charge in [-0.3, -0.25) is 4.79 Å². The van der Waals surface area contributed by atoms with E-state index in [-0.39, 0.29) is 17.5 Å². The van der Waals surface area contributed by atoms with Crippen LogP contribution in [0, 0.1) is 5.82 Å². The first kappa shape index (κ1) is 19.1. The lowest BCUT2D eigenvalue weighted by Gasteiger charge is -2.36. The quantitative estimate of drug-likeness (QED) is 0.790. The molecule has 1 aliphatic carbocycles. The third-order valence-corrected chi connectivity index (χ3v) is 5.71. The molecule has 0 saturated carbocycles. The summed E-state index contributed by atoms with van der Waals surface area (Å²) in [7, 11) is 1.32. The van der Waals surface area contributed by atoms with Gasteiger partial charge in [-0.1, -0.05) is 42.5 Å². The summed E-state index contributed by atoms with van der Waals surface area (Å²) in [4.78, 5) is 25.8. The summed E-state index contributed by atoms with van der Waals surface area (Å²) in [5.74, 6) is -1.35. The highest BCUT2D eigenvalue weighted by Crippen LogP contribution is 2.45. The number of carbonyl (C=O) groups is 2. The molecule has 0 spiro atoms. The Labute approximate surface area is 169 Å². The predicted molar refractivity (Wildman–Crippen MR) is 107 cm³/mol. The summed E-state index contributed by atoms with van der Waals surface area (Å²) in [6, 6.07) is 15.9. The van der Waals surface area contributed by atoms with Gasteiger partial charge in [0.25, 0.3) is 0 Å². The molecule has 148 valence electrons. The highest BCUT2D eigenvalue weighted by atomic mass is 19.1. The smallest absolute Gasteiger partial charge is 0.336 e. The van der Waals surface area contributed by atoms with Gasteiger partial charge >= 0.3 is 5.97 Å². The van der Waals surface area contributed by atoms with E-state index in [0.717, 1.165) is 11.3 Å². The Kier molecular flexibility index (Phi) is 5.05. The molecule has 1 heterocycles. The normalized spacial score (nSPS) is 21.6. The van der Waals surface area contributed by atoms with Crippen molar-refractivity contribution < 1.29 is 18.7 Å². The van der Waals surface area contributed by atoms with Crippen LogP contribution in [0.3, 0.4) is 0 Å². The highest BCUT2D eigenvalue weighted by molar-refractivity contribution is 6.04. The van der Waals surface area contributed by atoms with Crippen molar-refractivity contribution in [1.82, 2.24) is 5.32 Å². The second kappa shape index (κ2) is 7.66. The number of benzene rings is 2. The minimum absolute atomic E-state index is 0.00386. The largest absolute Gasteiger partial charge is 0.466 e. The fraction of sp³-hybridized carbons (Fsp3) is 0.250. The Morgan fingerprint density at radius 2 is 1.72 bits per heavy atom. The fourth-order valence-electron chi connectivity index (χ4n) is 4.37. The number of esters is 1. The molecular weight excluding hydrogens is 369 g/mol. The molecule has 0 radical (unpaired) electrons.